The van der Waals surface area contributed by atoms with E-state index in [4.69, 9.17) is 4.99 Å². The fourth-order valence-corrected chi connectivity index (χ4v) is 3.69. The minimum Gasteiger partial charge on any atom is -0.357 e. The predicted molar refractivity (Wildman–Crippen MR) is 126 cm³/mol. The molecule has 6 heteroatoms. The molecular formula is C21H34IN5. The summed E-state index contributed by atoms with van der Waals surface area (Å²) in [5, 5.41) is 3.49. The van der Waals surface area contributed by atoms with Crippen molar-refractivity contribution in [3.8, 4) is 0 Å². The molecule has 0 amide bonds. The predicted octanol–water partition coefficient (Wildman–Crippen LogP) is 2.61. The molecule has 27 heavy (non-hydrogen) atoms. The Morgan fingerprint density at radius 3 is 2.59 bits per heavy atom. The first-order chi connectivity index (χ1) is 12.7. The molecule has 2 aliphatic rings. The van der Waals surface area contributed by atoms with E-state index in [-0.39, 0.29) is 24.0 Å². The highest BCUT2D eigenvalue weighted by Gasteiger charge is 2.22. The molecule has 150 valence electrons. The summed E-state index contributed by atoms with van der Waals surface area (Å²) in [7, 11) is 4.42. The van der Waals surface area contributed by atoms with E-state index in [1.54, 1.807) is 0 Å². The molecule has 2 aliphatic heterocycles. The van der Waals surface area contributed by atoms with Crippen LogP contribution in [0, 0.1) is 0 Å². The first kappa shape index (κ1) is 22.2. The van der Waals surface area contributed by atoms with E-state index in [2.05, 4.69) is 77.4 Å². The third kappa shape index (κ3) is 6.19. The first-order valence-electron chi connectivity index (χ1n) is 9.84. The highest BCUT2D eigenvalue weighted by Crippen LogP contribution is 2.22. The molecule has 1 saturated heterocycles. The summed E-state index contributed by atoms with van der Waals surface area (Å²) in [4.78, 5) is 12.2. The van der Waals surface area contributed by atoms with Gasteiger partial charge in [0.15, 0.2) is 5.96 Å². The van der Waals surface area contributed by atoms with Crippen molar-refractivity contribution in [2.75, 3.05) is 59.9 Å². The lowest BCUT2D eigenvalue weighted by Crippen LogP contribution is -2.52. The number of piperazine rings is 1. The average molecular weight is 483 g/mol. The van der Waals surface area contributed by atoms with Gasteiger partial charge in [0.25, 0.3) is 0 Å². The van der Waals surface area contributed by atoms with E-state index in [0.717, 1.165) is 58.2 Å². The largest absolute Gasteiger partial charge is 0.357 e. The van der Waals surface area contributed by atoms with E-state index >= 15 is 0 Å². The summed E-state index contributed by atoms with van der Waals surface area (Å²) in [6, 6.07) is 11.2. The molecule has 0 spiro atoms. The lowest BCUT2D eigenvalue weighted by molar-refractivity contribution is 0.119. The van der Waals surface area contributed by atoms with E-state index in [0.29, 0.717) is 6.04 Å². The van der Waals surface area contributed by atoms with Crippen LogP contribution in [0.4, 0.5) is 0 Å². The van der Waals surface area contributed by atoms with Crippen LogP contribution in [0.3, 0.4) is 0 Å². The van der Waals surface area contributed by atoms with Crippen LogP contribution < -0.4 is 5.32 Å². The summed E-state index contributed by atoms with van der Waals surface area (Å²) in [5.41, 5.74) is 2.80. The second-order valence-corrected chi connectivity index (χ2v) is 7.38. The maximum absolute atomic E-state index is 4.98. The van der Waals surface area contributed by atoms with Gasteiger partial charge in [-0.2, -0.15) is 0 Å². The molecule has 0 saturated carbocycles. The Labute approximate surface area is 181 Å². The van der Waals surface area contributed by atoms with Gasteiger partial charge in [0.2, 0.25) is 0 Å². The first-order valence-corrected chi connectivity index (χ1v) is 9.84. The SMILES string of the molecule is CCNC(=NCC1CN(C)CCN1C)N1CC=C(c2ccccc2)CC1.I. The van der Waals surface area contributed by atoms with Crippen molar-refractivity contribution >= 4 is 35.5 Å². The molecule has 1 atom stereocenters. The molecule has 0 radical (unpaired) electrons. The summed E-state index contributed by atoms with van der Waals surface area (Å²) >= 11 is 0. The zero-order chi connectivity index (χ0) is 18.4. The molecular weight excluding hydrogens is 449 g/mol. The van der Waals surface area contributed by atoms with Crippen molar-refractivity contribution < 1.29 is 0 Å². The highest BCUT2D eigenvalue weighted by atomic mass is 127. The van der Waals surface area contributed by atoms with Crippen molar-refractivity contribution in [3.05, 3.63) is 42.0 Å². The van der Waals surface area contributed by atoms with Crippen LogP contribution in [0.5, 0.6) is 0 Å². The fourth-order valence-electron chi connectivity index (χ4n) is 3.69. The molecule has 1 aromatic rings. The highest BCUT2D eigenvalue weighted by molar-refractivity contribution is 14.0. The molecule has 5 nitrogen and oxygen atoms in total. The number of guanidine groups is 1. The van der Waals surface area contributed by atoms with Crippen LogP contribution in [0.25, 0.3) is 5.57 Å². The number of benzene rings is 1. The lowest BCUT2D eigenvalue weighted by atomic mass is 10.00. The molecule has 0 aromatic heterocycles. The van der Waals surface area contributed by atoms with Crippen LogP contribution in [0.15, 0.2) is 41.4 Å². The fraction of sp³-hybridized carbons (Fsp3) is 0.571. The normalized spacial score (nSPS) is 22.2. The molecule has 1 unspecified atom stereocenters. The van der Waals surface area contributed by atoms with Gasteiger partial charge in [0.05, 0.1) is 6.54 Å². The third-order valence-corrected chi connectivity index (χ3v) is 5.42. The van der Waals surface area contributed by atoms with Crippen LogP contribution >= 0.6 is 24.0 Å². The van der Waals surface area contributed by atoms with E-state index in [1.165, 1.54) is 11.1 Å². The summed E-state index contributed by atoms with van der Waals surface area (Å²) in [6.45, 7) is 9.22. The van der Waals surface area contributed by atoms with Crippen LogP contribution in [0.2, 0.25) is 0 Å². The molecule has 0 aliphatic carbocycles. The zero-order valence-corrected chi connectivity index (χ0v) is 19.2. The number of likely N-dealkylation sites (N-methyl/N-ethyl adjacent to an activating group) is 2. The zero-order valence-electron chi connectivity index (χ0n) is 16.9. The number of aliphatic imine (C=N–C) groups is 1. The van der Waals surface area contributed by atoms with Gasteiger partial charge in [-0.1, -0.05) is 36.4 Å². The Hall–Kier alpha value is -1.12. The Morgan fingerprint density at radius 2 is 1.93 bits per heavy atom. The Bertz CT molecular complexity index is 631. The monoisotopic (exact) mass is 483 g/mol. The van der Waals surface area contributed by atoms with Crippen LogP contribution in [0.1, 0.15) is 18.9 Å². The van der Waals surface area contributed by atoms with Crippen molar-refractivity contribution in [2.24, 2.45) is 4.99 Å². The maximum Gasteiger partial charge on any atom is 0.194 e. The van der Waals surface area contributed by atoms with Gasteiger partial charge < -0.3 is 15.1 Å². The standard InChI is InChI=1S/C21H33N5.HI/c1-4-22-21(23-16-20-17-24(2)14-15-25(20)3)26-12-10-19(11-13-26)18-8-6-5-7-9-18;/h5-10,20H,4,11-17H2,1-3H3,(H,22,23);1H. The molecule has 1 fully saturated rings. The number of hydrogen-bond acceptors (Lipinski definition) is 3. The van der Waals surface area contributed by atoms with Crippen LogP contribution in [-0.4, -0.2) is 86.6 Å². The van der Waals surface area contributed by atoms with Crippen molar-refractivity contribution in [2.45, 2.75) is 19.4 Å². The minimum absolute atomic E-state index is 0. The van der Waals surface area contributed by atoms with Crippen LogP contribution in [-0.2, 0) is 0 Å². The summed E-state index contributed by atoms with van der Waals surface area (Å²) in [5.74, 6) is 1.05. The smallest absolute Gasteiger partial charge is 0.194 e. The van der Waals surface area contributed by atoms with E-state index in [1.807, 2.05) is 0 Å². The second-order valence-electron chi connectivity index (χ2n) is 7.38. The van der Waals surface area contributed by atoms with Crippen molar-refractivity contribution in [1.82, 2.24) is 20.0 Å². The molecule has 2 heterocycles. The minimum atomic E-state index is 0. The Kier molecular flexibility index (Phi) is 9.05. The van der Waals surface area contributed by atoms with Gasteiger partial charge in [-0.15, -0.1) is 24.0 Å². The molecule has 0 bridgehead atoms. The number of halogens is 1. The summed E-state index contributed by atoms with van der Waals surface area (Å²) in [6.07, 6.45) is 3.42. The number of nitrogens with one attached hydrogen (secondary N) is 1. The van der Waals surface area contributed by atoms with Gasteiger partial charge in [-0.3, -0.25) is 9.89 Å². The van der Waals surface area contributed by atoms with E-state index in [9.17, 15) is 0 Å². The summed E-state index contributed by atoms with van der Waals surface area (Å²) < 4.78 is 0. The second kappa shape index (κ2) is 11.0. The molecule has 1 N–H and O–H groups in total. The third-order valence-electron chi connectivity index (χ3n) is 5.42. The number of rotatable bonds is 4. The molecule has 3 rings (SSSR count). The topological polar surface area (TPSA) is 34.1 Å². The lowest BCUT2D eigenvalue weighted by Gasteiger charge is -2.37. The van der Waals surface area contributed by atoms with Crippen molar-refractivity contribution in [3.63, 3.8) is 0 Å². The molecule has 1 aromatic carbocycles. The van der Waals surface area contributed by atoms with Crippen molar-refractivity contribution in [1.29, 1.82) is 0 Å². The number of nitrogens with zero attached hydrogens (tertiary/aromatic N) is 4. The van der Waals surface area contributed by atoms with E-state index < -0.39 is 0 Å². The Morgan fingerprint density at radius 1 is 1.15 bits per heavy atom. The van der Waals surface area contributed by atoms with Gasteiger partial charge in [0, 0.05) is 45.3 Å². The number of hydrogen-bond donors (Lipinski definition) is 1. The average Bonchev–Trinajstić information content (AvgIpc) is 2.68. The Balaban J connectivity index is 0.00000261. The van der Waals surface area contributed by atoms with Gasteiger partial charge in [0.1, 0.15) is 0 Å². The van der Waals surface area contributed by atoms with Gasteiger partial charge in [-0.25, -0.2) is 0 Å². The maximum atomic E-state index is 4.98. The quantitative estimate of drug-likeness (QED) is 0.406. The van der Waals surface area contributed by atoms with Gasteiger partial charge >= 0.3 is 0 Å². The van der Waals surface area contributed by atoms with Gasteiger partial charge in [-0.05, 0) is 38.6 Å².